The minimum Gasteiger partial charge on any atom is -0.502 e. The summed E-state index contributed by atoms with van der Waals surface area (Å²) in [7, 11) is 0. The standard InChI is InChI=1S/C20H21N3O5/c1-2-14-6-8-15(9-7-14)19(25)21-10-12-22(13-11-21)20(26)16-4-3-5-17(18(16)24)23(27)28/h3-9,24H,2,10-13H2,1H3. The second-order valence-corrected chi connectivity index (χ2v) is 6.57. The summed E-state index contributed by atoms with van der Waals surface area (Å²) in [5.41, 5.74) is 1.15. The Morgan fingerprint density at radius 2 is 1.57 bits per heavy atom. The van der Waals surface area contributed by atoms with Crippen molar-refractivity contribution in [2.45, 2.75) is 13.3 Å². The van der Waals surface area contributed by atoms with Gasteiger partial charge in [0.25, 0.3) is 11.8 Å². The Bertz CT molecular complexity index is 903. The van der Waals surface area contributed by atoms with Gasteiger partial charge in [-0.05, 0) is 30.2 Å². The van der Waals surface area contributed by atoms with Crippen molar-refractivity contribution in [2.75, 3.05) is 26.2 Å². The fraction of sp³-hybridized carbons (Fsp3) is 0.300. The number of nitro benzene ring substituents is 1. The molecule has 2 aromatic carbocycles. The molecule has 1 aliphatic heterocycles. The Balaban J connectivity index is 1.66. The first-order valence-electron chi connectivity index (χ1n) is 9.06. The molecule has 28 heavy (non-hydrogen) atoms. The van der Waals surface area contributed by atoms with Crippen LogP contribution < -0.4 is 0 Å². The van der Waals surface area contributed by atoms with Gasteiger partial charge in [-0.15, -0.1) is 0 Å². The molecule has 0 bridgehead atoms. The van der Waals surface area contributed by atoms with E-state index in [0.717, 1.165) is 18.1 Å². The van der Waals surface area contributed by atoms with Crippen LogP contribution in [0.2, 0.25) is 0 Å². The molecule has 3 rings (SSSR count). The Morgan fingerprint density at radius 3 is 2.11 bits per heavy atom. The minimum atomic E-state index is -0.730. The Hall–Kier alpha value is -3.42. The predicted octanol–water partition coefficient (Wildman–Crippen LogP) is 2.46. The van der Waals surface area contributed by atoms with Crippen molar-refractivity contribution in [2.24, 2.45) is 0 Å². The van der Waals surface area contributed by atoms with Gasteiger partial charge in [0, 0.05) is 37.8 Å². The summed E-state index contributed by atoms with van der Waals surface area (Å²) in [6.45, 7) is 3.34. The van der Waals surface area contributed by atoms with Crippen LogP contribution in [0.5, 0.6) is 5.75 Å². The third kappa shape index (κ3) is 3.80. The molecular formula is C20H21N3O5. The lowest BCUT2D eigenvalue weighted by Gasteiger charge is -2.35. The highest BCUT2D eigenvalue weighted by Crippen LogP contribution is 2.30. The smallest absolute Gasteiger partial charge is 0.311 e. The van der Waals surface area contributed by atoms with Crippen molar-refractivity contribution in [3.05, 3.63) is 69.3 Å². The maximum absolute atomic E-state index is 12.7. The molecule has 1 N–H and O–H groups in total. The Morgan fingerprint density at radius 1 is 1.00 bits per heavy atom. The molecule has 8 nitrogen and oxygen atoms in total. The number of hydrogen-bond acceptors (Lipinski definition) is 5. The number of nitro groups is 1. The lowest BCUT2D eigenvalue weighted by Crippen LogP contribution is -2.50. The number of aryl methyl sites for hydroxylation is 1. The maximum atomic E-state index is 12.7. The molecular weight excluding hydrogens is 362 g/mol. The quantitative estimate of drug-likeness (QED) is 0.645. The molecule has 1 heterocycles. The van der Waals surface area contributed by atoms with E-state index in [1.807, 2.05) is 19.1 Å². The van der Waals surface area contributed by atoms with Gasteiger partial charge >= 0.3 is 5.69 Å². The molecule has 0 aliphatic carbocycles. The highest BCUT2D eigenvalue weighted by Gasteiger charge is 2.29. The number of nitrogens with zero attached hydrogens (tertiary/aromatic N) is 3. The van der Waals surface area contributed by atoms with E-state index in [-0.39, 0.29) is 11.5 Å². The molecule has 0 unspecified atom stereocenters. The van der Waals surface area contributed by atoms with E-state index in [9.17, 15) is 24.8 Å². The lowest BCUT2D eigenvalue weighted by molar-refractivity contribution is -0.385. The number of piperazine rings is 1. The van der Waals surface area contributed by atoms with Crippen molar-refractivity contribution in [3.63, 3.8) is 0 Å². The average Bonchev–Trinajstić information content (AvgIpc) is 2.73. The lowest BCUT2D eigenvalue weighted by atomic mass is 10.1. The van der Waals surface area contributed by atoms with E-state index in [4.69, 9.17) is 0 Å². The summed E-state index contributed by atoms with van der Waals surface area (Å²) >= 11 is 0. The Labute approximate surface area is 162 Å². The van der Waals surface area contributed by atoms with Crippen LogP contribution >= 0.6 is 0 Å². The van der Waals surface area contributed by atoms with Crippen LogP contribution in [-0.2, 0) is 6.42 Å². The first-order chi connectivity index (χ1) is 13.4. The van der Waals surface area contributed by atoms with Gasteiger partial charge in [-0.3, -0.25) is 19.7 Å². The summed E-state index contributed by atoms with van der Waals surface area (Å²) in [6.07, 6.45) is 0.903. The number of phenolic OH excluding ortho intramolecular Hbond substituents is 1. The Kier molecular flexibility index (Phi) is 5.58. The van der Waals surface area contributed by atoms with Gasteiger partial charge in [-0.2, -0.15) is 0 Å². The molecule has 0 spiro atoms. The fourth-order valence-corrected chi connectivity index (χ4v) is 3.20. The van der Waals surface area contributed by atoms with Crippen LogP contribution in [-0.4, -0.2) is 57.8 Å². The normalized spacial score (nSPS) is 14.0. The first kappa shape index (κ1) is 19.3. The van der Waals surface area contributed by atoms with Crippen LogP contribution in [0, 0.1) is 10.1 Å². The van der Waals surface area contributed by atoms with Crippen molar-refractivity contribution in [3.8, 4) is 5.75 Å². The molecule has 0 radical (unpaired) electrons. The van der Waals surface area contributed by atoms with E-state index in [1.165, 1.54) is 17.0 Å². The summed E-state index contributed by atoms with van der Waals surface area (Å²) in [6, 6.07) is 11.3. The summed E-state index contributed by atoms with van der Waals surface area (Å²) in [4.78, 5) is 38.7. The van der Waals surface area contributed by atoms with Crippen LogP contribution in [0.25, 0.3) is 0 Å². The van der Waals surface area contributed by atoms with Crippen LogP contribution in [0.15, 0.2) is 42.5 Å². The van der Waals surface area contributed by atoms with E-state index in [0.29, 0.717) is 31.7 Å². The van der Waals surface area contributed by atoms with Gasteiger partial charge in [0.2, 0.25) is 5.75 Å². The highest BCUT2D eigenvalue weighted by atomic mass is 16.6. The molecule has 1 aliphatic rings. The van der Waals surface area contributed by atoms with Crippen molar-refractivity contribution in [1.29, 1.82) is 0 Å². The molecule has 0 saturated carbocycles. The van der Waals surface area contributed by atoms with E-state index < -0.39 is 22.3 Å². The molecule has 8 heteroatoms. The van der Waals surface area contributed by atoms with Gasteiger partial charge < -0.3 is 14.9 Å². The maximum Gasteiger partial charge on any atom is 0.311 e. The third-order valence-electron chi connectivity index (χ3n) is 4.91. The number of carbonyl (C=O) groups is 2. The van der Waals surface area contributed by atoms with E-state index in [2.05, 4.69) is 0 Å². The van der Waals surface area contributed by atoms with Crippen LogP contribution in [0.3, 0.4) is 0 Å². The topological polar surface area (TPSA) is 104 Å². The predicted molar refractivity (Wildman–Crippen MR) is 102 cm³/mol. The van der Waals surface area contributed by atoms with Gasteiger partial charge in [0.15, 0.2) is 0 Å². The zero-order valence-corrected chi connectivity index (χ0v) is 15.5. The number of amides is 2. The molecule has 2 amide bonds. The number of para-hydroxylation sites is 1. The number of carbonyl (C=O) groups excluding carboxylic acids is 2. The summed E-state index contributed by atoms with van der Waals surface area (Å²) < 4.78 is 0. The van der Waals surface area contributed by atoms with Gasteiger partial charge in [0.05, 0.1) is 10.5 Å². The minimum absolute atomic E-state index is 0.0899. The number of phenols is 1. The number of hydrogen-bond donors (Lipinski definition) is 1. The SMILES string of the molecule is CCc1ccc(C(=O)N2CCN(C(=O)c3cccc([N+](=O)[O-])c3O)CC2)cc1. The number of benzene rings is 2. The van der Waals surface area contributed by atoms with Gasteiger partial charge in [-0.1, -0.05) is 25.1 Å². The highest BCUT2D eigenvalue weighted by molar-refractivity contribution is 5.98. The van der Waals surface area contributed by atoms with E-state index in [1.54, 1.807) is 17.0 Å². The van der Waals surface area contributed by atoms with Crippen molar-refractivity contribution in [1.82, 2.24) is 9.80 Å². The molecule has 0 atom stereocenters. The zero-order chi connectivity index (χ0) is 20.3. The second kappa shape index (κ2) is 8.08. The number of rotatable bonds is 4. The monoisotopic (exact) mass is 383 g/mol. The van der Waals surface area contributed by atoms with Crippen LogP contribution in [0.1, 0.15) is 33.2 Å². The van der Waals surface area contributed by atoms with Gasteiger partial charge in [0.1, 0.15) is 0 Å². The largest absolute Gasteiger partial charge is 0.502 e. The summed E-state index contributed by atoms with van der Waals surface area (Å²) in [5, 5.41) is 21.0. The fourth-order valence-electron chi connectivity index (χ4n) is 3.20. The second-order valence-electron chi connectivity index (χ2n) is 6.57. The van der Waals surface area contributed by atoms with Crippen LogP contribution in [0.4, 0.5) is 5.69 Å². The van der Waals surface area contributed by atoms with E-state index >= 15 is 0 Å². The molecule has 146 valence electrons. The molecule has 1 fully saturated rings. The molecule has 2 aromatic rings. The molecule has 1 saturated heterocycles. The number of aromatic hydroxyl groups is 1. The average molecular weight is 383 g/mol. The van der Waals surface area contributed by atoms with Crippen molar-refractivity contribution < 1.29 is 19.6 Å². The summed E-state index contributed by atoms with van der Waals surface area (Å²) in [5.74, 6) is -1.21. The van der Waals surface area contributed by atoms with Gasteiger partial charge in [-0.25, -0.2) is 0 Å². The molecule has 0 aromatic heterocycles. The third-order valence-corrected chi connectivity index (χ3v) is 4.91. The first-order valence-corrected chi connectivity index (χ1v) is 9.06. The zero-order valence-electron chi connectivity index (χ0n) is 15.5. The van der Waals surface area contributed by atoms with Crippen molar-refractivity contribution >= 4 is 17.5 Å².